The van der Waals surface area contributed by atoms with E-state index in [1.165, 1.54) is 19.3 Å². The highest BCUT2D eigenvalue weighted by Crippen LogP contribution is 2.60. The van der Waals surface area contributed by atoms with Crippen LogP contribution >= 0.6 is 0 Å². The molecule has 27 heavy (non-hydrogen) atoms. The smallest absolute Gasteiger partial charge is 0.229 e. The lowest BCUT2D eigenvalue weighted by molar-refractivity contribution is -0.140. The molecular weight excluding hydrogens is 340 g/mol. The number of amides is 1. The van der Waals surface area contributed by atoms with Crippen molar-refractivity contribution in [3.05, 3.63) is 12.7 Å². The van der Waals surface area contributed by atoms with Gasteiger partial charge in [-0.1, -0.05) is 0 Å². The molecule has 1 amide bonds. The number of carbonyl (C=O) groups is 1. The summed E-state index contributed by atoms with van der Waals surface area (Å²) >= 11 is 0. The molecule has 6 fully saturated rings. The van der Waals surface area contributed by atoms with Crippen molar-refractivity contribution in [2.45, 2.75) is 49.6 Å². The minimum atomic E-state index is -0.238. The standard InChI is InChI=1S/C20H30N6O/c1-25-8-16-7-21-10-20(16,11-25)17(27)24-18-3-14-2-15(4-18)6-19(5-14,9-18)26-13-22-12-23-26/h12-16,21H,2-11H2,1H3,(H,24,27)/t14-,15+,16-,18?,19?,20-/m1/s1. The third-order valence-electron chi connectivity index (χ3n) is 8.46. The number of nitrogens with one attached hydrogen (secondary N) is 2. The zero-order chi connectivity index (χ0) is 18.3. The first kappa shape index (κ1) is 16.5. The molecule has 4 aliphatic carbocycles. The van der Waals surface area contributed by atoms with E-state index in [4.69, 9.17) is 0 Å². The number of nitrogens with zero attached hydrogens (tertiary/aromatic N) is 4. The molecule has 6 atom stereocenters. The van der Waals surface area contributed by atoms with Gasteiger partial charge >= 0.3 is 0 Å². The van der Waals surface area contributed by atoms with E-state index in [0.29, 0.717) is 23.7 Å². The van der Waals surface area contributed by atoms with Crippen LogP contribution in [-0.2, 0) is 10.3 Å². The molecule has 2 aliphatic heterocycles. The highest BCUT2D eigenvalue weighted by molar-refractivity contribution is 5.85. The number of carbonyl (C=O) groups excluding carboxylic acids is 1. The zero-order valence-electron chi connectivity index (χ0n) is 16.2. The highest BCUT2D eigenvalue weighted by atomic mass is 16.2. The van der Waals surface area contributed by atoms with Gasteiger partial charge in [-0.25, -0.2) is 9.67 Å². The molecule has 7 heteroatoms. The molecule has 146 valence electrons. The SMILES string of the molecule is CN1C[C@H]2CNC[C@@]2(C(=O)NC23C[C@H]4C[C@@H](C2)CC(n2cncn2)(C4)C3)C1. The van der Waals surface area contributed by atoms with E-state index in [0.717, 1.165) is 45.4 Å². The molecule has 7 rings (SSSR count). The second-order valence-corrected chi connectivity index (χ2v) is 10.4. The lowest BCUT2D eigenvalue weighted by Gasteiger charge is -2.62. The lowest BCUT2D eigenvalue weighted by atomic mass is 9.49. The van der Waals surface area contributed by atoms with Crippen LogP contribution in [0, 0.1) is 23.2 Å². The van der Waals surface area contributed by atoms with E-state index in [1.54, 1.807) is 6.33 Å². The van der Waals surface area contributed by atoms with Gasteiger partial charge in [0.25, 0.3) is 0 Å². The highest BCUT2D eigenvalue weighted by Gasteiger charge is 2.61. The Kier molecular flexibility index (Phi) is 3.25. The molecular formula is C20H30N6O. The van der Waals surface area contributed by atoms with Crippen LogP contribution in [0.25, 0.3) is 0 Å². The molecule has 0 radical (unpaired) electrons. The molecule has 0 aromatic carbocycles. The Hall–Kier alpha value is -1.47. The molecule has 4 saturated carbocycles. The van der Waals surface area contributed by atoms with E-state index < -0.39 is 0 Å². The third kappa shape index (κ3) is 2.24. The van der Waals surface area contributed by atoms with Crippen molar-refractivity contribution in [2.75, 3.05) is 33.2 Å². The molecule has 3 heterocycles. The maximum absolute atomic E-state index is 13.7. The predicted octanol–water partition coefficient (Wildman–Crippen LogP) is 0.593. The van der Waals surface area contributed by atoms with Gasteiger partial charge in [0, 0.05) is 37.6 Å². The molecule has 0 spiro atoms. The van der Waals surface area contributed by atoms with Crippen LogP contribution in [0.3, 0.4) is 0 Å². The average Bonchev–Trinajstić information content (AvgIpc) is 3.28. The number of rotatable bonds is 3. The normalized spacial score (nSPS) is 48.1. The maximum Gasteiger partial charge on any atom is 0.229 e. The average molecular weight is 371 g/mol. The van der Waals surface area contributed by atoms with Crippen LogP contribution in [0.5, 0.6) is 0 Å². The van der Waals surface area contributed by atoms with Gasteiger partial charge in [0.2, 0.25) is 5.91 Å². The van der Waals surface area contributed by atoms with E-state index >= 15 is 0 Å². The van der Waals surface area contributed by atoms with E-state index in [2.05, 4.69) is 37.3 Å². The second kappa shape index (κ2) is 5.32. The van der Waals surface area contributed by atoms with Gasteiger partial charge in [-0.15, -0.1) is 0 Å². The van der Waals surface area contributed by atoms with Gasteiger partial charge in [-0.2, -0.15) is 5.10 Å². The van der Waals surface area contributed by atoms with Crippen molar-refractivity contribution in [3.63, 3.8) is 0 Å². The van der Waals surface area contributed by atoms with Gasteiger partial charge in [0.1, 0.15) is 12.7 Å². The monoisotopic (exact) mass is 370 g/mol. The number of hydrogen-bond donors (Lipinski definition) is 2. The zero-order valence-corrected chi connectivity index (χ0v) is 16.2. The first-order valence-corrected chi connectivity index (χ1v) is 10.6. The summed E-state index contributed by atoms with van der Waals surface area (Å²) in [6, 6.07) is 0. The van der Waals surface area contributed by atoms with Gasteiger partial charge in [0.05, 0.1) is 11.0 Å². The van der Waals surface area contributed by atoms with Crippen LogP contribution in [0.1, 0.15) is 38.5 Å². The summed E-state index contributed by atoms with van der Waals surface area (Å²) < 4.78 is 2.12. The predicted molar refractivity (Wildman–Crippen MR) is 99.8 cm³/mol. The van der Waals surface area contributed by atoms with E-state index in [9.17, 15) is 4.79 Å². The van der Waals surface area contributed by atoms with Crippen LogP contribution in [-0.4, -0.2) is 64.3 Å². The summed E-state index contributed by atoms with van der Waals surface area (Å²) in [4.78, 5) is 20.2. The van der Waals surface area contributed by atoms with Gasteiger partial charge in [0.15, 0.2) is 0 Å². The Morgan fingerprint density at radius 2 is 2.07 bits per heavy atom. The van der Waals surface area contributed by atoms with Crippen LogP contribution in [0.4, 0.5) is 0 Å². The quantitative estimate of drug-likeness (QED) is 0.815. The number of likely N-dealkylation sites (tertiary alicyclic amines) is 1. The van der Waals surface area contributed by atoms with Crippen molar-refractivity contribution in [2.24, 2.45) is 23.2 Å². The molecule has 7 nitrogen and oxygen atoms in total. The lowest BCUT2D eigenvalue weighted by Crippen LogP contribution is -2.67. The molecule has 2 N–H and O–H groups in total. The maximum atomic E-state index is 13.7. The Morgan fingerprint density at radius 3 is 2.81 bits per heavy atom. The first-order chi connectivity index (χ1) is 13.0. The summed E-state index contributed by atoms with van der Waals surface area (Å²) in [7, 11) is 2.15. The molecule has 1 aromatic heterocycles. The van der Waals surface area contributed by atoms with Crippen molar-refractivity contribution in [3.8, 4) is 0 Å². The van der Waals surface area contributed by atoms with E-state index in [-0.39, 0.29) is 16.5 Å². The van der Waals surface area contributed by atoms with Gasteiger partial charge in [-0.3, -0.25) is 4.79 Å². The van der Waals surface area contributed by atoms with Crippen molar-refractivity contribution in [1.82, 2.24) is 30.3 Å². The van der Waals surface area contributed by atoms with Crippen LogP contribution in [0.2, 0.25) is 0 Å². The van der Waals surface area contributed by atoms with Crippen molar-refractivity contribution >= 4 is 5.91 Å². The summed E-state index contributed by atoms with van der Waals surface area (Å²) in [6.07, 6.45) is 10.6. The second-order valence-electron chi connectivity index (χ2n) is 10.4. The van der Waals surface area contributed by atoms with E-state index in [1.807, 2.05) is 6.33 Å². The van der Waals surface area contributed by atoms with Crippen molar-refractivity contribution in [1.29, 1.82) is 0 Å². The Bertz CT molecular complexity index is 749. The van der Waals surface area contributed by atoms with Crippen molar-refractivity contribution < 1.29 is 4.79 Å². The number of fused-ring (bicyclic) bond motifs is 1. The summed E-state index contributed by atoms with van der Waals surface area (Å²) in [5.41, 5.74) is -0.222. The summed E-state index contributed by atoms with van der Waals surface area (Å²) in [5.74, 6) is 2.16. The fourth-order valence-corrected chi connectivity index (χ4v) is 7.94. The van der Waals surface area contributed by atoms with Crippen LogP contribution < -0.4 is 10.6 Å². The fourth-order valence-electron chi connectivity index (χ4n) is 7.94. The molecule has 1 aromatic rings. The number of hydrogen-bond acceptors (Lipinski definition) is 5. The van der Waals surface area contributed by atoms with Gasteiger partial charge < -0.3 is 15.5 Å². The summed E-state index contributed by atoms with van der Waals surface area (Å²) in [6.45, 7) is 3.71. The minimum absolute atomic E-state index is 0.0455. The minimum Gasteiger partial charge on any atom is -0.350 e. The Morgan fingerprint density at radius 1 is 1.26 bits per heavy atom. The largest absolute Gasteiger partial charge is 0.350 e. The Balaban J connectivity index is 1.31. The van der Waals surface area contributed by atoms with Crippen LogP contribution in [0.15, 0.2) is 12.7 Å². The third-order valence-corrected chi connectivity index (χ3v) is 8.46. The van der Waals surface area contributed by atoms with Gasteiger partial charge in [-0.05, 0) is 57.4 Å². The molecule has 2 saturated heterocycles. The number of aromatic nitrogens is 3. The first-order valence-electron chi connectivity index (χ1n) is 10.6. The molecule has 6 aliphatic rings. The molecule has 4 bridgehead atoms. The Labute approximate surface area is 160 Å². The fraction of sp³-hybridized carbons (Fsp3) is 0.850. The topological polar surface area (TPSA) is 75.1 Å². The molecule has 2 unspecified atom stereocenters. The summed E-state index contributed by atoms with van der Waals surface area (Å²) in [5, 5.41) is 11.7.